The molecule has 2 bridgehead atoms. The van der Waals surface area contributed by atoms with Crippen molar-refractivity contribution in [3.8, 4) is 0 Å². The molecule has 0 aliphatic heterocycles. The minimum Gasteiger partial charge on any atom is -0.478 e. The van der Waals surface area contributed by atoms with Crippen LogP contribution in [0.1, 0.15) is 162 Å². The van der Waals surface area contributed by atoms with E-state index in [2.05, 4.69) is 31.9 Å². The molecule has 0 spiro atoms. The van der Waals surface area contributed by atoms with Gasteiger partial charge in [-0.3, -0.25) is 28.8 Å². The van der Waals surface area contributed by atoms with Crippen LogP contribution in [0.3, 0.4) is 0 Å². The van der Waals surface area contributed by atoms with Gasteiger partial charge in [0.2, 0.25) is 0 Å². The monoisotopic (exact) mass is 1070 g/mol. The Morgan fingerprint density at radius 1 is 0.410 bits per heavy atom. The number of carbonyl (C=O) groups excluding carboxylic acids is 6. The molecular weight excluding hydrogens is 1020 g/mol. The van der Waals surface area contributed by atoms with E-state index < -0.39 is 121 Å². The number of carboxylic acid groups (broad SMARTS) is 6. The lowest BCUT2D eigenvalue weighted by atomic mass is 9.88. The van der Waals surface area contributed by atoms with Gasteiger partial charge in [0, 0.05) is 37.2 Å². The molecule has 2 fully saturated rings. The van der Waals surface area contributed by atoms with Crippen LogP contribution in [0.25, 0.3) is 0 Å². The van der Waals surface area contributed by atoms with Crippen LogP contribution >= 0.6 is 0 Å². The third kappa shape index (κ3) is 13.2. The van der Waals surface area contributed by atoms with Crippen LogP contribution in [0, 0.1) is 24.7 Å². The lowest BCUT2D eigenvalue weighted by Crippen LogP contribution is -2.33. The van der Waals surface area contributed by atoms with E-state index in [1.807, 2.05) is 6.92 Å². The largest absolute Gasteiger partial charge is 0.478 e. The minimum absolute atomic E-state index is 0.0876. The lowest BCUT2D eigenvalue weighted by Gasteiger charge is -2.22. The summed E-state index contributed by atoms with van der Waals surface area (Å²) < 4.78 is 0. The Morgan fingerprint density at radius 2 is 0.718 bits per heavy atom. The maximum Gasteiger partial charge on any atom is 0.336 e. The fourth-order valence-corrected chi connectivity index (χ4v) is 9.19. The molecule has 2 aliphatic carbocycles. The van der Waals surface area contributed by atoms with Gasteiger partial charge < -0.3 is 62.5 Å². The number of fused-ring (bicyclic) bond motifs is 2. The zero-order chi connectivity index (χ0) is 57.3. The summed E-state index contributed by atoms with van der Waals surface area (Å²) in [5.41, 5.74) is -4.37. The van der Waals surface area contributed by atoms with E-state index in [0.717, 1.165) is 61.6 Å². The fraction of sp³-hybridized carbons (Fsp3) is 0.222. The first-order valence-corrected chi connectivity index (χ1v) is 23.8. The normalized spacial score (nSPS) is 14.8. The van der Waals surface area contributed by atoms with Gasteiger partial charge in [0.1, 0.15) is 0 Å². The second-order valence-corrected chi connectivity index (χ2v) is 18.1. The molecule has 5 aromatic carbocycles. The van der Waals surface area contributed by atoms with Crippen molar-refractivity contribution >= 4 is 88.3 Å². The predicted molar refractivity (Wildman–Crippen MR) is 275 cm³/mol. The number of benzene rings is 5. The van der Waals surface area contributed by atoms with Gasteiger partial charge in [-0.05, 0) is 124 Å². The molecule has 78 heavy (non-hydrogen) atoms. The Bertz CT molecular complexity index is 3330. The fourth-order valence-electron chi connectivity index (χ4n) is 9.19. The molecule has 5 aromatic rings. The summed E-state index contributed by atoms with van der Waals surface area (Å²) in [6.45, 7) is 4.08. The number of amides is 6. The number of rotatable bonds is 18. The highest BCUT2D eigenvalue weighted by Crippen LogP contribution is 2.48. The first-order valence-electron chi connectivity index (χ1n) is 23.8. The molecule has 24 nitrogen and oxygen atoms in total. The number of hydrogen-bond acceptors (Lipinski definition) is 12. The van der Waals surface area contributed by atoms with Crippen molar-refractivity contribution in [1.29, 1.82) is 0 Å². The van der Waals surface area contributed by atoms with Gasteiger partial charge in [0.15, 0.2) is 0 Å². The average Bonchev–Trinajstić information content (AvgIpc) is 4.07. The van der Waals surface area contributed by atoms with Crippen molar-refractivity contribution in [2.75, 3.05) is 36.1 Å². The number of carbonyl (C=O) groups is 12. The van der Waals surface area contributed by atoms with Crippen molar-refractivity contribution in [3.63, 3.8) is 0 Å². The van der Waals surface area contributed by atoms with Crippen LogP contribution in [-0.4, -0.2) is 122 Å². The summed E-state index contributed by atoms with van der Waals surface area (Å²) >= 11 is 0. The quantitative estimate of drug-likeness (QED) is 0.0485. The van der Waals surface area contributed by atoms with Gasteiger partial charge in [-0.2, -0.15) is 0 Å². The lowest BCUT2D eigenvalue weighted by molar-refractivity contribution is 0.0672. The predicted octanol–water partition coefficient (Wildman–Crippen LogP) is 5.90. The maximum atomic E-state index is 13.3. The minimum atomic E-state index is -1.62. The van der Waals surface area contributed by atoms with Crippen LogP contribution in [0.4, 0.5) is 17.1 Å². The van der Waals surface area contributed by atoms with Crippen LogP contribution in [-0.2, 0) is 0 Å². The number of carboxylic acids is 6. The van der Waals surface area contributed by atoms with Gasteiger partial charge in [-0.15, -0.1) is 0 Å². The molecule has 0 heterocycles. The van der Waals surface area contributed by atoms with E-state index in [1.165, 1.54) is 31.3 Å². The van der Waals surface area contributed by atoms with E-state index in [9.17, 15) is 88.2 Å². The van der Waals surface area contributed by atoms with Crippen molar-refractivity contribution in [2.24, 2.45) is 17.8 Å². The summed E-state index contributed by atoms with van der Waals surface area (Å²) in [5, 5.41) is 72.2. The second-order valence-electron chi connectivity index (χ2n) is 18.1. The molecule has 2 aliphatic rings. The van der Waals surface area contributed by atoms with E-state index in [1.54, 1.807) is 31.2 Å². The number of nitrogens with one attached hydrogen (secondary N) is 6. The van der Waals surface area contributed by atoms with E-state index in [4.69, 9.17) is 0 Å². The Labute approximate surface area is 441 Å². The molecule has 3 atom stereocenters. The van der Waals surface area contributed by atoms with Gasteiger partial charge in [-0.1, -0.05) is 24.1 Å². The summed E-state index contributed by atoms with van der Waals surface area (Å²) in [5.74, 6) is -13.0. The molecular formula is C54H50N6O18. The highest BCUT2D eigenvalue weighted by molar-refractivity contribution is 6.17. The zero-order valence-corrected chi connectivity index (χ0v) is 41.6. The van der Waals surface area contributed by atoms with Gasteiger partial charge in [-0.25, -0.2) is 28.8 Å². The van der Waals surface area contributed by atoms with Crippen LogP contribution in [0.15, 0.2) is 84.9 Å². The molecule has 7 rings (SSSR count). The molecule has 0 aromatic heterocycles. The highest BCUT2D eigenvalue weighted by atomic mass is 16.4. The second kappa shape index (κ2) is 24.4. The van der Waals surface area contributed by atoms with Crippen molar-refractivity contribution in [1.82, 2.24) is 16.0 Å². The first kappa shape index (κ1) is 57.0. The maximum absolute atomic E-state index is 13.3. The molecule has 0 radical (unpaired) electrons. The molecule has 0 saturated heterocycles. The molecule has 6 amide bonds. The Balaban J connectivity index is 0.000000307. The molecule has 12 N–H and O–H groups in total. The summed E-state index contributed by atoms with van der Waals surface area (Å²) in [6, 6.07) is 17.1. The van der Waals surface area contributed by atoms with Crippen molar-refractivity contribution in [2.45, 2.75) is 39.5 Å². The van der Waals surface area contributed by atoms with E-state index in [-0.39, 0.29) is 40.5 Å². The Hall–Kier alpha value is -10.3. The molecule has 404 valence electrons. The smallest absolute Gasteiger partial charge is 0.336 e. The zero-order valence-electron chi connectivity index (χ0n) is 41.6. The van der Waals surface area contributed by atoms with Crippen molar-refractivity contribution in [3.05, 3.63) is 157 Å². The average molecular weight is 1070 g/mol. The number of aromatic carboxylic acids is 6. The summed E-state index contributed by atoms with van der Waals surface area (Å²) in [6.07, 6.45) is 4.29. The molecule has 24 heteroatoms. The molecule has 3 unspecified atom stereocenters. The summed E-state index contributed by atoms with van der Waals surface area (Å²) in [7, 11) is 1.23. The van der Waals surface area contributed by atoms with Crippen LogP contribution < -0.4 is 31.9 Å². The van der Waals surface area contributed by atoms with Crippen LogP contribution in [0.2, 0.25) is 0 Å². The first-order chi connectivity index (χ1) is 36.9. The molecule has 2 saturated carbocycles. The highest BCUT2D eigenvalue weighted by Gasteiger charge is 2.39. The van der Waals surface area contributed by atoms with Gasteiger partial charge in [0.05, 0.1) is 66.8 Å². The van der Waals surface area contributed by atoms with Gasteiger partial charge in [0.25, 0.3) is 35.4 Å². The summed E-state index contributed by atoms with van der Waals surface area (Å²) in [4.78, 5) is 147. The van der Waals surface area contributed by atoms with Gasteiger partial charge >= 0.3 is 35.8 Å². The van der Waals surface area contributed by atoms with Crippen molar-refractivity contribution < 1.29 is 88.2 Å². The Kier molecular flexibility index (Phi) is 17.8. The SMILES string of the molecule is CCNC(=O)c1cc(C(=O)Nc2ccc(C)cc2)c(C(=O)O)cc1C(=O)O.CNC(=O)c1cc(C(=O)Nc2ccc(NC(=O)c3cc(C(=O)NCC4CC5CCC4C5)c(C(=O)O)cc3C(=O)O)cc2)c(C(=O)O)cc1C(=O)O. The van der Waals surface area contributed by atoms with E-state index >= 15 is 0 Å². The topological polar surface area (TPSA) is 398 Å². The third-order valence-corrected chi connectivity index (χ3v) is 13.0. The Morgan fingerprint density at radius 3 is 1.01 bits per heavy atom. The van der Waals surface area contributed by atoms with Crippen LogP contribution in [0.5, 0.6) is 0 Å². The number of aryl methyl sites for hydroxylation is 1. The van der Waals surface area contributed by atoms with E-state index in [0.29, 0.717) is 30.1 Å². The standard InChI is InChI=1S/C35H32N4O12.C19H18N2O6/c1-36-28(40)20-10-22(26(34(48)49)12-24(20)32(44)45)30(42)38-18-4-6-19(7-5-18)39-31(43)23-11-21(25(33(46)47)13-27(23)35(50)51)29(41)37-14-17-9-15-2-3-16(17)8-15;1-3-20-16(22)12-8-13(15(19(26)27)9-14(12)18(24)25)17(23)21-11-6-4-10(2)5-7-11/h4-7,10-13,15-17H,2-3,8-9,14H2,1H3,(H,36,40)(H,37,41)(H,38,42)(H,39,43)(H,44,45)(H,46,47)(H,48,49)(H,50,51);4-9H,3H2,1-2H3,(H,20,22)(H,21,23)(H,24,25)(H,26,27). The number of anilines is 3. The third-order valence-electron chi connectivity index (χ3n) is 13.0. The number of hydrogen-bond donors (Lipinski definition) is 12.